The van der Waals surface area contributed by atoms with Crippen LogP contribution in [-0.2, 0) is 4.74 Å². The molecule has 3 heteroatoms. The Morgan fingerprint density at radius 3 is 3.08 bits per heavy atom. The summed E-state index contributed by atoms with van der Waals surface area (Å²) in [5.41, 5.74) is 5.92. The Morgan fingerprint density at radius 2 is 2.50 bits per heavy atom. The van der Waals surface area contributed by atoms with Gasteiger partial charge in [0.15, 0.2) is 0 Å². The van der Waals surface area contributed by atoms with E-state index in [-0.39, 0.29) is 0 Å². The van der Waals surface area contributed by atoms with Crippen molar-refractivity contribution < 1.29 is 4.74 Å². The Bertz CT molecular complexity index is 113. The Hall–Kier alpha value is -0.120. The molecule has 2 atom stereocenters. The van der Waals surface area contributed by atoms with E-state index >= 15 is 0 Å². The summed E-state index contributed by atoms with van der Waals surface area (Å²) in [6.45, 7) is 4.82. The van der Waals surface area contributed by atoms with Crippen molar-refractivity contribution in [2.45, 2.75) is 38.3 Å². The number of hydrogen-bond acceptors (Lipinski definition) is 3. The highest BCUT2D eigenvalue weighted by Gasteiger charge is 2.15. The molecule has 2 unspecified atom stereocenters. The Morgan fingerprint density at radius 1 is 1.67 bits per heavy atom. The smallest absolute Gasteiger partial charge is 0.0620 e. The average molecular weight is 172 g/mol. The van der Waals surface area contributed by atoms with Gasteiger partial charge in [-0.05, 0) is 12.8 Å². The number of morpholine rings is 1. The van der Waals surface area contributed by atoms with Crippen LogP contribution in [0.4, 0.5) is 0 Å². The summed E-state index contributed by atoms with van der Waals surface area (Å²) < 4.78 is 5.34. The van der Waals surface area contributed by atoms with Gasteiger partial charge < -0.3 is 15.8 Å². The first-order chi connectivity index (χ1) is 5.83. The van der Waals surface area contributed by atoms with Crippen LogP contribution in [0.5, 0.6) is 0 Å². The molecule has 0 aliphatic carbocycles. The summed E-state index contributed by atoms with van der Waals surface area (Å²) in [7, 11) is 0. The maximum absolute atomic E-state index is 5.92. The zero-order valence-corrected chi connectivity index (χ0v) is 7.88. The summed E-state index contributed by atoms with van der Waals surface area (Å²) in [5.74, 6) is 0. The van der Waals surface area contributed by atoms with Crippen molar-refractivity contribution in [1.82, 2.24) is 5.32 Å². The Labute approximate surface area is 74.7 Å². The molecule has 1 rings (SSSR count). The zero-order valence-electron chi connectivity index (χ0n) is 7.88. The van der Waals surface area contributed by atoms with Gasteiger partial charge in [-0.3, -0.25) is 0 Å². The van der Waals surface area contributed by atoms with Gasteiger partial charge in [-0.1, -0.05) is 13.3 Å². The molecule has 72 valence electrons. The lowest BCUT2D eigenvalue weighted by atomic mass is 10.0. The predicted octanol–water partition coefficient (Wildman–Crippen LogP) is 0.492. The highest BCUT2D eigenvalue weighted by molar-refractivity contribution is 4.75. The van der Waals surface area contributed by atoms with Crippen molar-refractivity contribution in [3.05, 3.63) is 0 Å². The molecule has 1 fully saturated rings. The van der Waals surface area contributed by atoms with Crippen LogP contribution in [0, 0.1) is 0 Å². The molecule has 0 aromatic heterocycles. The van der Waals surface area contributed by atoms with Crippen LogP contribution in [0.2, 0.25) is 0 Å². The van der Waals surface area contributed by atoms with E-state index in [0.717, 1.165) is 32.6 Å². The molecular weight excluding hydrogens is 152 g/mol. The quantitative estimate of drug-likeness (QED) is 0.649. The van der Waals surface area contributed by atoms with Gasteiger partial charge in [0.2, 0.25) is 0 Å². The van der Waals surface area contributed by atoms with E-state index in [0.29, 0.717) is 12.1 Å². The van der Waals surface area contributed by atoms with Crippen molar-refractivity contribution in [3.63, 3.8) is 0 Å². The van der Waals surface area contributed by atoms with E-state index in [2.05, 4.69) is 12.2 Å². The van der Waals surface area contributed by atoms with Crippen molar-refractivity contribution in [2.75, 3.05) is 19.8 Å². The number of rotatable bonds is 4. The van der Waals surface area contributed by atoms with Crippen LogP contribution >= 0.6 is 0 Å². The second-order valence-corrected chi connectivity index (χ2v) is 3.51. The SMILES string of the molecule is CCCC(N)CC1COCCN1. The third kappa shape index (κ3) is 3.52. The third-order valence-corrected chi connectivity index (χ3v) is 2.25. The molecule has 1 saturated heterocycles. The maximum Gasteiger partial charge on any atom is 0.0620 e. The van der Waals surface area contributed by atoms with Gasteiger partial charge in [-0.15, -0.1) is 0 Å². The van der Waals surface area contributed by atoms with E-state index in [1.54, 1.807) is 0 Å². The lowest BCUT2D eigenvalue weighted by Crippen LogP contribution is -2.44. The molecule has 3 nitrogen and oxygen atoms in total. The molecule has 0 bridgehead atoms. The largest absolute Gasteiger partial charge is 0.379 e. The van der Waals surface area contributed by atoms with Gasteiger partial charge in [-0.25, -0.2) is 0 Å². The fourth-order valence-electron chi connectivity index (χ4n) is 1.63. The monoisotopic (exact) mass is 172 g/mol. The highest BCUT2D eigenvalue weighted by Crippen LogP contribution is 2.05. The third-order valence-electron chi connectivity index (χ3n) is 2.25. The summed E-state index contributed by atoms with van der Waals surface area (Å²) in [4.78, 5) is 0. The van der Waals surface area contributed by atoms with Crippen LogP contribution in [0.3, 0.4) is 0 Å². The first-order valence-corrected chi connectivity index (χ1v) is 4.89. The number of nitrogens with one attached hydrogen (secondary N) is 1. The molecule has 0 aromatic rings. The lowest BCUT2D eigenvalue weighted by molar-refractivity contribution is 0.0717. The molecular formula is C9H20N2O. The molecule has 0 radical (unpaired) electrons. The highest BCUT2D eigenvalue weighted by atomic mass is 16.5. The summed E-state index contributed by atoms with van der Waals surface area (Å²) in [6, 6.07) is 0.828. The van der Waals surface area contributed by atoms with Crippen LogP contribution in [0.25, 0.3) is 0 Å². The number of nitrogens with two attached hydrogens (primary N) is 1. The summed E-state index contributed by atoms with van der Waals surface area (Å²) in [6.07, 6.45) is 3.35. The fraction of sp³-hybridized carbons (Fsp3) is 1.00. The molecule has 1 heterocycles. The van der Waals surface area contributed by atoms with Crippen LogP contribution < -0.4 is 11.1 Å². The van der Waals surface area contributed by atoms with E-state index in [9.17, 15) is 0 Å². The Balaban J connectivity index is 2.11. The van der Waals surface area contributed by atoms with Crippen LogP contribution in [0.1, 0.15) is 26.2 Å². The molecule has 0 spiro atoms. The van der Waals surface area contributed by atoms with Gasteiger partial charge in [-0.2, -0.15) is 0 Å². The standard InChI is InChI=1S/C9H20N2O/c1-2-3-8(10)6-9-7-12-5-4-11-9/h8-9,11H,2-7,10H2,1H3. The maximum atomic E-state index is 5.92. The van der Waals surface area contributed by atoms with Gasteiger partial charge in [0.1, 0.15) is 0 Å². The normalized spacial score (nSPS) is 27.0. The van der Waals surface area contributed by atoms with E-state index in [1.165, 1.54) is 6.42 Å². The van der Waals surface area contributed by atoms with Gasteiger partial charge in [0, 0.05) is 18.6 Å². The Kier molecular flexibility index (Phi) is 4.58. The predicted molar refractivity (Wildman–Crippen MR) is 50.1 cm³/mol. The minimum Gasteiger partial charge on any atom is -0.379 e. The van der Waals surface area contributed by atoms with Crippen LogP contribution in [-0.4, -0.2) is 31.8 Å². The summed E-state index contributed by atoms with van der Waals surface area (Å²) >= 11 is 0. The van der Waals surface area contributed by atoms with Gasteiger partial charge in [0.25, 0.3) is 0 Å². The number of ether oxygens (including phenoxy) is 1. The zero-order chi connectivity index (χ0) is 8.81. The van der Waals surface area contributed by atoms with Crippen LogP contribution in [0.15, 0.2) is 0 Å². The average Bonchev–Trinajstić information content (AvgIpc) is 2.06. The fourth-order valence-corrected chi connectivity index (χ4v) is 1.63. The van der Waals surface area contributed by atoms with Crippen molar-refractivity contribution in [1.29, 1.82) is 0 Å². The molecule has 1 aliphatic rings. The second kappa shape index (κ2) is 5.51. The van der Waals surface area contributed by atoms with Crippen molar-refractivity contribution in [2.24, 2.45) is 5.73 Å². The molecule has 1 aliphatic heterocycles. The minimum atomic E-state index is 0.342. The topological polar surface area (TPSA) is 47.3 Å². The van der Waals surface area contributed by atoms with E-state index < -0.39 is 0 Å². The molecule has 0 amide bonds. The van der Waals surface area contributed by atoms with Crippen molar-refractivity contribution in [3.8, 4) is 0 Å². The lowest BCUT2D eigenvalue weighted by Gasteiger charge is -2.26. The first-order valence-electron chi connectivity index (χ1n) is 4.89. The van der Waals surface area contributed by atoms with E-state index in [4.69, 9.17) is 10.5 Å². The first kappa shape index (κ1) is 9.96. The second-order valence-electron chi connectivity index (χ2n) is 3.51. The molecule has 0 saturated carbocycles. The van der Waals surface area contributed by atoms with Crippen molar-refractivity contribution >= 4 is 0 Å². The minimum absolute atomic E-state index is 0.342. The summed E-state index contributed by atoms with van der Waals surface area (Å²) in [5, 5.41) is 3.40. The molecule has 12 heavy (non-hydrogen) atoms. The molecule has 0 aromatic carbocycles. The van der Waals surface area contributed by atoms with Gasteiger partial charge in [0.05, 0.1) is 13.2 Å². The number of hydrogen-bond donors (Lipinski definition) is 2. The van der Waals surface area contributed by atoms with Gasteiger partial charge >= 0.3 is 0 Å². The van der Waals surface area contributed by atoms with E-state index in [1.807, 2.05) is 0 Å². The molecule has 3 N–H and O–H groups in total.